The highest BCUT2D eigenvalue weighted by molar-refractivity contribution is 6.62. The lowest BCUT2D eigenvalue weighted by atomic mass is 9.78. The highest BCUT2D eigenvalue weighted by Crippen LogP contribution is 2.42. The Bertz CT molecular complexity index is 8330. The second kappa shape index (κ2) is 42.3. The molecule has 16 aromatic carbocycles. The molecule has 7 aromatic heterocycles. The van der Waals surface area contributed by atoms with Crippen molar-refractivity contribution >= 4 is 116 Å². The van der Waals surface area contributed by atoms with E-state index in [0.29, 0.717) is 29.1 Å². The number of hydrogen-bond acceptors (Lipinski definition) is 17. The van der Waals surface area contributed by atoms with Gasteiger partial charge in [0.1, 0.15) is 23.3 Å². The Morgan fingerprint density at radius 2 is 0.385 bits per heavy atom. The van der Waals surface area contributed by atoms with E-state index in [-0.39, 0.29) is 57.8 Å². The molecule has 2 fully saturated rings. The van der Waals surface area contributed by atoms with Crippen LogP contribution in [-0.4, -0.2) is 120 Å². The Kier molecular flexibility index (Phi) is 27.9. The second-order valence-corrected chi connectivity index (χ2v) is 38.7. The summed E-state index contributed by atoms with van der Waals surface area (Å²) in [6, 6.07) is 145. The molecule has 25 rings (SSSR count). The van der Waals surface area contributed by atoms with Crippen molar-refractivity contribution in [1.82, 2.24) is 83.1 Å². The monoisotopic (exact) mass is 2010 g/mol. The summed E-state index contributed by atoms with van der Waals surface area (Å²) in [5.74, 6) is 6.23. The van der Waals surface area contributed by atoms with E-state index >= 15 is 0 Å². The van der Waals surface area contributed by atoms with Crippen LogP contribution in [0.25, 0.3) is 181 Å². The zero-order valence-corrected chi connectivity index (χ0v) is 84.9. The predicted molar refractivity (Wildman–Crippen MR) is 597 cm³/mol. The van der Waals surface area contributed by atoms with Gasteiger partial charge in [-0.2, -0.15) is 34.9 Å². The summed E-state index contributed by atoms with van der Waals surface area (Å²) in [4.78, 5) is 58.1. The van der Waals surface area contributed by atoms with Crippen molar-refractivity contribution in [2.45, 2.75) is 77.8 Å². The Hall–Kier alpha value is -16.4. The number of imidazole rings is 4. The molecule has 2 saturated heterocycles. The van der Waals surface area contributed by atoms with Gasteiger partial charge in [-0.3, -0.25) is 18.3 Å². The lowest BCUT2D eigenvalue weighted by Gasteiger charge is -2.32. The molecule has 9 heterocycles. The highest BCUT2D eigenvalue weighted by atomic mass is 35.5. The van der Waals surface area contributed by atoms with Gasteiger partial charge < -0.3 is 18.6 Å². The van der Waals surface area contributed by atoms with Gasteiger partial charge in [0.15, 0.2) is 29.1 Å². The number of nitrogens with zero attached hydrogens (tertiary/aromatic N) is 17. The minimum absolute atomic E-state index is 0.101. The fraction of sp³-hybridized carbons (Fsp3) is 0.0992. The third-order valence-corrected chi connectivity index (χ3v) is 27.3. The molecule has 0 atom stereocenters. The first-order valence-electron chi connectivity index (χ1n) is 48.4. The number of rotatable bonds is 16. The number of benzene rings is 16. The molecule has 2 aliphatic rings. The van der Waals surface area contributed by atoms with Crippen LogP contribution in [0.15, 0.2) is 431 Å². The van der Waals surface area contributed by atoms with E-state index in [1.54, 1.807) is 0 Å². The van der Waals surface area contributed by atoms with Crippen molar-refractivity contribution in [3.8, 4) is 136 Å². The maximum Gasteiger partial charge on any atom is 0.494 e. The Balaban J connectivity index is 0.000000111. The summed E-state index contributed by atoms with van der Waals surface area (Å²) >= 11 is 23.8. The molecule has 0 aliphatic carbocycles. The summed E-state index contributed by atoms with van der Waals surface area (Å²) in [5.41, 5.74) is 23.8. The smallest absolute Gasteiger partial charge is 0.399 e. The maximum absolute atomic E-state index is 6.24. The lowest BCUT2D eigenvalue weighted by molar-refractivity contribution is 0.00578. The van der Waals surface area contributed by atoms with Gasteiger partial charge >= 0.3 is 14.2 Å². The minimum Gasteiger partial charge on any atom is -0.399 e. The van der Waals surface area contributed by atoms with E-state index in [4.69, 9.17) is 85.0 Å². The molecule has 27 heteroatoms. The predicted octanol–water partition coefficient (Wildman–Crippen LogP) is 28.2. The van der Waals surface area contributed by atoms with Crippen LogP contribution in [0.1, 0.15) is 55.4 Å². The van der Waals surface area contributed by atoms with Crippen molar-refractivity contribution in [3.05, 3.63) is 452 Å². The molecule has 0 spiro atoms. The van der Waals surface area contributed by atoms with Gasteiger partial charge in [-0.25, -0.2) is 29.9 Å². The van der Waals surface area contributed by atoms with Crippen LogP contribution < -0.4 is 10.9 Å². The van der Waals surface area contributed by atoms with Crippen LogP contribution in [0.3, 0.4) is 0 Å². The van der Waals surface area contributed by atoms with Crippen LogP contribution in [0, 0.1) is 0 Å². The molecular formula is C121H95B2Cl4N17O4. The van der Waals surface area contributed by atoms with Gasteiger partial charge in [0, 0.05) is 72.8 Å². The normalized spacial score (nSPS) is 13.6. The molecular weight excluding hydrogens is 1920 g/mol. The standard InChI is InChI=1S/C31H29BN2O2.2C28H18ClN5.C25H25BN2O2.C9H5Cl2N3/c1-30(2)31(3,4)36-32(35-30)25-18-15-22(16-19-25)24-17-20-28-27(21-24)33-29(23-11-7-5-8-12-23)34(28)26-13-9-6-10-14-26;2*29-28-32-25(19-9-3-1-4-10-19)31-26(33-28)20-15-17-21(18-16-20)27-30-23-13-7-8-14-24(23)34(27)22-11-5-2-6-12-22;1-24(2)25(3,4)30-26(29-24)19-16-14-18(15-17-19)23-27-21-12-8-9-13-22(21)28(23)20-10-6-5-7-11-20;10-8-12-7(13-9(11)14-8)6-4-2-1-3-5-6/h5-21H,1-4H3;2*1-18H;5-17H,1-4H3;1-5H. The van der Waals surface area contributed by atoms with E-state index in [1.807, 2.05) is 237 Å². The summed E-state index contributed by atoms with van der Waals surface area (Å²) in [7, 11) is -0.724. The number of hydrogen-bond donors (Lipinski definition) is 0. The van der Waals surface area contributed by atoms with E-state index in [2.05, 4.69) is 313 Å². The molecule has 0 unspecified atom stereocenters. The van der Waals surface area contributed by atoms with Crippen LogP contribution in [-0.2, 0) is 18.6 Å². The zero-order valence-electron chi connectivity index (χ0n) is 81.9. The molecule has 2 aliphatic heterocycles. The van der Waals surface area contributed by atoms with E-state index in [0.717, 1.165) is 162 Å². The minimum atomic E-state index is -0.364. The molecule has 0 N–H and O–H groups in total. The van der Waals surface area contributed by atoms with Crippen molar-refractivity contribution < 1.29 is 18.6 Å². The third kappa shape index (κ3) is 21.0. The van der Waals surface area contributed by atoms with Crippen molar-refractivity contribution in [2.24, 2.45) is 0 Å². The van der Waals surface area contributed by atoms with E-state index in [9.17, 15) is 0 Å². The Morgan fingerprint density at radius 1 is 0.182 bits per heavy atom. The molecule has 0 amide bonds. The summed E-state index contributed by atoms with van der Waals surface area (Å²) < 4.78 is 33.6. The van der Waals surface area contributed by atoms with Gasteiger partial charge in [0.05, 0.1) is 66.5 Å². The van der Waals surface area contributed by atoms with Gasteiger partial charge in [0.25, 0.3) is 0 Å². The van der Waals surface area contributed by atoms with Crippen molar-refractivity contribution in [3.63, 3.8) is 0 Å². The Morgan fingerprint density at radius 3 is 0.682 bits per heavy atom. The SMILES string of the molecule is CC1(C)OB(c2ccc(-c3ccc4c(c3)nc(-c3ccccc3)n4-c3ccccc3)cc2)OC1(C)C.CC1(C)OB(c2ccc(-c3nc4ccccc4n3-c3ccccc3)cc2)OC1(C)C.Clc1nc(-c2ccccc2)nc(-c2ccc(-c3nc4ccccc4n3-c3ccccc3)cc2)n1.Clc1nc(-c2ccccc2)nc(-c2ccc(-c3nc4ccccc4n3-c3ccccc3)cc2)n1.Clc1nc(Cl)nc(-c2ccccc2)n1. The van der Waals surface area contributed by atoms with E-state index < -0.39 is 0 Å². The largest absolute Gasteiger partial charge is 0.494 e. The first-order chi connectivity index (χ1) is 72.0. The molecule has 0 saturated carbocycles. The quantitative estimate of drug-likeness (QED) is 0.0820. The molecule has 722 valence electrons. The zero-order chi connectivity index (χ0) is 102. The van der Waals surface area contributed by atoms with Gasteiger partial charge in [-0.05, 0) is 221 Å². The number of para-hydroxylation sites is 10. The maximum atomic E-state index is 6.24. The number of aromatic nitrogens is 17. The average Bonchev–Trinajstić information content (AvgIpc) is 1.58. The van der Waals surface area contributed by atoms with Crippen LogP contribution in [0.4, 0.5) is 0 Å². The number of fused-ring (bicyclic) bond motifs is 4. The van der Waals surface area contributed by atoms with Crippen LogP contribution in [0.2, 0.25) is 21.1 Å². The fourth-order valence-electron chi connectivity index (χ4n) is 17.6. The van der Waals surface area contributed by atoms with Crippen LogP contribution in [0.5, 0.6) is 0 Å². The number of halogens is 4. The van der Waals surface area contributed by atoms with Crippen molar-refractivity contribution in [2.75, 3.05) is 0 Å². The lowest BCUT2D eigenvalue weighted by Crippen LogP contribution is -2.41. The van der Waals surface area contributed by atoms with Gasteiger partial charge in [-0.1, -0.05) is 334 Å². The molecule has 0 radical (unpaired) electrons. The first kappa shape index (κ1) is 97.6. The van der Waals surface area contributed by atoms with Crippen molar-refractivity contribution in [1.29, 1.82) is 0 Å². The van der Waals surface area contributed by atoms with Gasteiger partial charge in [0.2, 0.25) is 21.1 Å². The second-order valence-electron chi connectivity index (χ2n) is 37.3. The first-order valence-corrected chi connectivity index (χ1v) is 49.9. The Labute approximate surface area is 877 Å². The summed E-state index contributed by atoms with van der Waals surface area (Å²) in [5, 5.41) is 0.533. The topological polar surface area (TPSA) is 224 Å². The molecule has 21 nitrogen and oxygen atoms in total. The average molecular weight is 2010 g/mol. The summed E-state index contributed by atoms with van der Waals surface area (Å²) in [6.07, 6.45) is 0. The molecule has 0 bridgehead atoms. The van der Waals surface area contributed by atoms with Crippen LogP contribution >= 0.6 is 46.4 Å². The molecule has 23 aromatic rings. The summed E-state index contributed by atoms with van der Waals surface area (Å²) in [6.45, 7) is 16.6. The molecule has 148 heavy (non-hydrogen) atoms. The van der Waals surface area contributed by atoms with Gasteiger partial charge in [-0.15, -0.1) is 0 Å². The third-order valence-electron chi connectivity index (χ3n) is 26.6. The fourth-order valence-corrected chi connectivity index (χ4v) is 18.3. The highest BCUT2D eigenvalue weighted by Gasteiger charge is 2.53. The van der Waals surface area contributed by atoms with E-state index in [1.165, 1.54) is 0 Å².